The molecule has 0 aromatic rings. The monoisotopic (exact) mass is 222 g/mol. The summed E-state index contributed by atoms with van der Waals surface area (Å²) in [6.45, 7) is 2.22. The molecule has 0 spiro atoms. The van der Waals surface area contributed by atoms with Gasteiger partial charge in [0.2, 0.25) is 0 Å². The summed E-state index contributed by atoms with van der Waals surface area (Å²) in [6, 6.07) is 0. The molecule has 0 unspecified atom stereocenters. The molecule has 0 saturated carbocycles. The van der Waals surface area contributed by atoms with Gasteiger partial charge in [0.25, 0.3) is 4.57 Å². The van der Waals surface area contributed by atoms with E-state index in [9.17, 15) is 4.79 Å². The van der Waals surface area contributed by atoms with E-state index in [1.165, 1.54) is 50.3 Å². The summed E-state index contributed by atoms with van der Waals surface area (Å²) in [5, 5.41) is 0. The second kappa shape index (κ2) is 10.4. The predicted octanol–water partition coefficient (Wildman–Crippen LogP) is 4.83. The third-order valence-corrected chi connectivity index (χ3v) is 3.01. The third-order valence-electron chi connectivity index (χ3n) is 1.96. The van der Waals surface area contributed by atoms with Crippen molar-refractivity contribution in [1.82, 2.24) is 0 Å². The Labute approximate surface area is 90.6 Å². The summed E-state index contributed by atoms with van der Waals surface area (Å²) in [5.74, 6) is 0.885. The van der Waals surface area contributed by atoms with E-state index in [1.54, 1.807) is 0 Å². The first kappa shape index (κ1) is 13.3. The summed E-state index contributed by atoms with van der Waals surface area (Å²) in [7, 11) is 0. The van der Waals surface area contributed by atoms with Gasteiger partial charge in [-0.05, 0) is 18.0 Å². The van der Waals surface area contributed by atoms with Gasteiger partial charge < -0.3 is 0 Å². The number of unbranched alkanes of at least 4 members (excludes halogenated alkanes) is 6. The lowest BCUT2D eigenvalue weighted by Crippen LogP contribution is -1.84. The maximum Gasteiger partial charge on any atom is 0.279 e. The number of hydrogen-bond donors (Lipinski definition) is 0. The Morgan fingerprint density at radius 3 is 2.15 bits per heavy atom. The summed E-state index contributed by atoms with van der Waals surface area (Å²) < 4.78 is -0.272. The van der Waals surface area contributed by atoms with Gasteiger partial charge in [-0.2, -0.15) is 0 Å². The van der Waals surface area contributed by atoms with Gasteiger partial charge in [0, 0.05) is 5.75 Å². The molecule has 0 amide bonds. The molecule has 1 nitrogen and oxygen atoms in total. The molecule has 0 bridgehead atoms. The summed E-state index contributed by atoms with van der Waals surface area (Å²) >= 11 is 6.41. The average molecular weight is 223 g/mol. The SMILES string of the molecule is CCCCCCCCCSC(=O)Cl. The van der Waals surface area contributed by atoms with E-state index >= 15 is 0 Å². The van der Waals surface area contributed by atoms with Crippen molar-refractivity contribution in [3.63, 3.8) is 0 Å². The van der Waals surface area contributed by atoms with Crippen LogP contribution >= 0.6 is 23.4 Å². The highest BCUT2D eigenvalue weighted by Gasteiger charge is 1.95. The van der Waals surface area contributed by atoms with Crippen molar-refractivity contribution in [3.8, 4) is 0 Å². The number of carbonyl (C=O) groups is 1. The second-order valence-corrected chi connectivity index (χ2v) is 4.84. The van der Waals surface area contributed by atoms with E-state index in [2.05, 4.69) is 6.92 Å². The van der Waals surface area contributed by atoms with Gasteiger partial charge in [-0.15, -0.1) is 0 Å². The Morgan fingerprint density at radius 2 is 1.62 bits per heavy atom. The van der Waals surface area contributed by atoms with Crippen molar-refractivity contribution in [2.45, 2.75) is 51.9 Å². The zero-order valence-corrected chi connectivity index (χ0v) is 9.92. The number of halogens is 1. The van der Waals surface area contributed by atoms with E-state index in [0.29, 0.717) is 0 Å². The molecule has 0 N–H and O–H groups in total. The molecule has 0 heterocycles. The van der Waals surface area contributed by atoms with Gasteiger partial charge in [0.15, 0.2) is 0 Å². The zero-order chi connectivity index (χ0) is 9.94. The Bertz CT molecular complexity index is 128. The second-order valence-electron chi connectivity index (χ2n) is 3.21. The molecule has 0 rings (SSSR count). The van der Waals surface area contributed by atoms with Gasteiger partial charge in [-0.1, -0.05) is 57.2 Å². The number of rotatable bonds is 8. The van der Waals surface area contributed by atoms with Crippen LogP contribution in [0.2, 0.25) is 0 Å². The van der Waals surface area contributed by atoms with Crippen molar-refractivity contribution in [2.75, 3.05) is 5.75 Å². The fraction of sp³-hybridized carbons (Fsp3) is 0.900. The molecular formula is C10H19ClOS. The van der Waals surface area contributed by atoms with Crippen LogP contribution in [0.25, 0.3) is 0 Å². The highest BCUT2D eigenvalue weighted by molar-refractivity contribution is 8.16. The molecule has 0 saturated heterocycles. The normalized spacial score (nSPS) is 10.3. The molecule has 0 fully saturated rings. The van der Waals surface area contributed by atoms with E-state index in [-0.39, 0.29) is 4.57 Å². The van der Waals surface area contributed by atoms with E-state index in [0.717, 1.165) is 12.2 Å². The van der Waals surface area contributed by atoms with E-state index in [4.69, 9.17) is 11.6 Å². The van der Waals surface area contributed by atoms with Crippen molar-refractivity contribution in [3.05, 3.63) is 0 Å². The molecular weight excluding hydrogens is 204 g/mol. The lowest BCUT2D eigenvalue weighted by Gasteiger charge is -1.99. The Balaban J connectivity index is 2.87. The lowest BCUT2D eigenvalue weighted by molar-refractivity contribution is 0.276. The van der Waals surface area contributed by atoms with Crippen LogP contribution in [0.1, 0.15) is 51.9 Å². The molecule has 0 aromatic carbocycles. The minimum Gasteiger partial charge on any atom is -0.268 e. The van der Waals surface area contributed by atoms with E-state index in [1.807, 2.05) is 0 Å². The predicted molar refractivity (Wildman–Crippen MR) is 61.7 cm³/mol. The maximum absolute atomic E-state index is 10.3. The summed E-state index contributed by atoms with van der Waals surface area (Å²) in [6.07, 6.45) is 9.02. The maximum atomic E-state index is 10.3. The standard InChI is InChI=1S/C10H19ClOS/c1-2-3-4-5-6-7-8-9-13-10(11)12/h2-9H2,1H3. The van der Waals surface area contributed by atoms with Crippen LogP contribution in [0, 0.1) is 0 Å². The van der Waals surface area contributed by atoms with Crippen LogP contribution in [-0.2, 0) is 0 Å². The van der Waals surface area contributed by atoms with Crippen LogP contribution in [0.15, 0.2) is 0 Å². The van der Waals surface area contributed by atoms with Gasteiger partial charge in [0.05, 0.1) is 0 Å². The van der Waals surface area contributed by atoms with Crippen molar-refractivity contribution >= 4 is 27.9 Å². The molecule has 3 heteroatoms. The van der Waals surface area contributed by atoms with Crippen molar-refractivity contribution in [1.29, 1.82) is 0 Å². The smallest absolute Gasteiger partial charge is 0.268 e. The minimum atomic E-state index is -0.272. The van der Waals surface area contributed by atoms with Gasteiger partial charge in [-0.25, -0.2) is 0 Å². The highest BCUT2D eigenvalue weighted by Crippen LogP contribution is 2.12. The van der Waals surface area contributed by atoms with Gasteiger partial charge >= 0.3 is 0 Å². The molecule has 78 valence electrons. The third kappa shape index (κ3) is 12.3. The highest BCUT2D eigenvalue weighted by atomic mass is 35.5. The molecule has 0 aromatic heterocycles. The van der Waals surface area contributed by atoms with Crippen LogP contribution in [-0.4, -0.2) is 10.3 Å². The molecule has 13 heavy (non-hydrogen) atoms. The first-order valence-electron chi connectivity index (χ1n) is 5.09. The topological polar surface area (TPSA) is 17.1 Å². The molecule has 0 aliphatic rings. The first-order valence-corrected chi connectivity index (χ1v) is 6.46. The summed E-state index contributed by atoms with van der Waals surface area (Å²) in [4.78, 5) is 10.3. The summed E-state index contributed by atoms with van der Waals surface area (Å²) in [5.41, 5.74) is 0. The number of carbonyl (C=O) groups excluding carboxylic acids is 1. The Hall–Kier alpha value is 0.310. The largest absolute Gasteiger partial charge is 0.279 e. The van der Waals surface area contributed by atoms with Crippen LogP contribution in [0.5, 0.6) is 0 Å². The molecule has 0 aliphatic carbocycles. The first-order chi connectivity index (χ1) is 6.27. The Kier molecular flexibility index (Phi) is 10.6. The van der Waals surface area contributed by atoms with Crippen LogP contribution in [0.3, 0.4) is 0 Å². The van der Waals surface area contributed by atoms with Crippen molar-refractivity contribution < 1.29 is 4.79 Å². The fourth-order valence-electron chi connectivity index (χ4n) is 1.21. The number of thioether (sulfide) groups is 1. The number of hydrogen-bond acceptors (Lipinski definition) is 2. The minimum absolute atomic E-state index is 0.272. The molecule has 0 atom stereocenters. The van der Waals surface area contributed by atoms with Gasteiger partial charge in [0.1, 0.15) is 0 Å². The van der Waals surface area contributed by atoms with Crippen LogP contribution < -0.4 is 0 Å². The fourth-order valence-corrected chi connectivity index (χ4v) is 1.95. The van der Waals surface area contributed by atoms with Crippen LogP contribution in [0.4, 0.5) is 4.79 Å². The lowest BCUT2D eigenvalue weighted by atomic mass is 10.1. The van der Waals surface area contributed by atoms with E-state index < -0.39 is 0 Å². The zero-order valence-electron chi connectivity index (χ0n) is 8.35. The molecule has 0 radical (unpaired) electrons. The molecule has 0 aliphatic heterocycles. The van der Waals surface area contributed by atoms with Gasteiger partial charge in [-0.3, -0.25) is 4.79 Å². The quantitative estimate of drug-likeness (QED) is 0.432. The van der Waals surface area contributed by atoms with Crippen molar-refractivity contribution in [2.24, 2.45) is 0 Å². The Morgan fingerprint density at radius 1 is 1.08 bits per heavy atom. The average Bonchev–Trinajstić information content (AvgIpc) is 2.09.